The van der Waals surface area contributed by atoms with Gasteiger partial charge in [-0.3, -0.25) is 0 Å². The molecule has 21 heavy (non-hydrogen) atoms. The number of aryl methyl sites for hydroxylation is 1. The largest absolute Gasteiger partial charge is 0.383 e. The maximum atomic E-state index is 14.1. The lowest BCUT2D eigenvalue weighted by atomic mass is 10.2. The number of rotatable bonds is 8. The van der Waals surface area contributed by atoms with Crippen molar-refractivity contribution in [1.82, 2.24) is 14.7 Å². The molecule has 1 aromatic carbocycles. The van der Waals surface area contributed by atoms with Gasteiger partial charge in [0, 0.05) is 26.6 Å². The molecule has 114 valence electrons. The zero-order chi connectivity index (χ0) is 15.1. The van der Waals surface area contributed by atoms with Crippen LogP contribution in [0.4, 0.5) is 4.39 Å². The van der Waals surface area contributed by atoms with Gasteiger partial charge in [0.05, 0.1) is 11.5 Å². The fourth-order valence-electron chi connectivity index (χ4n) is 1.71. The predicted molar refractivity (Wildman–Crippen MR) is 83.4 cm³/mol. The topological polar surface area (TPSA) is 47.0 Å². The van der Waals surface area contributed by atoms with E-state index in [4.69, 9.17) is 4.74 Å². The molecular weight excluding hydrogens is 309 g/mol. The normalized spacial score (nSPS) is 11.0. The molecule has 1 heterocycles. The summed E-state index contributed by atoms with van der Waals surface area (Å²) in [6, 6.07) is 5.13. The summed E-state index contributed by atoms with van der Waals surface area (Å²) >= 11 is 2.65. The standard InChI is InChI=1S/C14H18FN3OS2/c1-3-12-17-14(21-18-12)20-13-10(5-4-6-11(13)15)9-16-7-8-19-2/h4-6,16H,3,7-9H2,1-2H3. The molecule has 0 aliphatic rings. The molecule has 1 N–H and O–H groups in total. The van der Waals surface area contributed by atoms with Gasteiger partial charge in [-0.05, 0) is 23.2 Å². The van der Waals surface area contributed by atoms with Crippen LogP contribution in [0.3, 0.4) is 0 Å². The average molecular weight is 327 g/mol. The van der Waals surface area contributed by atoms with Crippen molar-refractivity contribution in [2.24, 2.45) is 0 Å². The highest BCUT2D eigenvalue weighted by atomic mass is 32.2. The van der Waals surface area contributed by atoms with E-state index < -0.39 is 0 Å². The first-order valence-electron chi connectivity index (χ1n) is 6.72. The molecule has 2 rings (SSSR count). The highest BCUT2D eigenvalue weighted by Gasteiger charge is 2.13. The molecule has 0 fully saturated rings. The van der Waals surface area contributed by atoms with Crippen molar-refractivity contribution < 1.29 is 9.13 Å². The first-order chi connectivity index (χ1) is 10.2. The molecule has 0 amide bonds. The summed E-state index contributed by atoms with van der Waals surface area (Å²) in [6.45, 7) is 3.97. The fraction of sp³-hybridized carbons (Fsp3) is 0.429. The van der Waals surface area contributed by atoms with Gasteiger partial charge in [0.15, 0.2) is 4.34 Å². The lowest BCUT2D eigenvalue weighted by molar-refractivity contribution is 0.199. The van der Waals surface area contributed by atoms with Crippen molar-refractivity contribution in [2.45, 2.75) is 29.1 Å². The Morgan fingerprint density at radius 2 is 2.29 bits per heavy atom. The van der Waals surface area contributed by atoms with E-state index in [9.17, 15) is 4.39 Å². The zero-order valence-electron chi connectivity index (χ0n) is 12.1. The summed E-state index contributed by atoms with van der Waals surface area (Å²) < 4.78 is 24.1. The second-order valence-electron chi connectivity index (χ2n) is 4.33. The Balaban J connectivity index is 2.09. The molecule has 0 radical (unpaired) electrons. The number of nitrogens with zero attached hydrogens (tertiary/aromatic N) is 2. The Hall–Kier alpha value is -1.02. The second kappa shape index (κ2) is 8.43. The number of aromatic nitrogens is 2. The van der Waals surface area contributed by atoms with Crippen LogP contribution in [0.25, 0.3) is 0 Å². The van der Waals surface area contributed by atoms with Crippen molar-refractivity contribution in [3.8, 4) is 0 Å². The van der Waals surface area contributed by atoms with Crippen LogP contribution < -0.4 is 5.32 Å². The summed E-state index contributed by atoms with van der Waals surface area (Å²) in [5.74, 6) is 0.581. The number of ether oxygens (including phenoxy) is 1. The van der Waals surface area contributed by atoms with Gasteiger partial charge < -0.3 is 10.1 Å². The van der Waals surface area contributed by atoms with Crippen LogP contribution in [0.2, 0.25) is 0 Å². The number of nitrogens with one attached hydrogen (secondary N) is 1. The Labute approximate surface area is 132 Å². The molecule has 0 aliphatic heterocycles. The molecule has 0 spiro atoms. The Morgan fingerprint density at radius 3 is 3.00 bits per heavy atom. The highest BCUT2D eigenvalue weighted by Crippen LogP contribution is 2.33. The third-order valence-corrected chi connectivity index (χ3v) is 4.75. The lowest BCUT2D eigenvalue weighted by Crippen LogP contribution is -2.19. The van der Waals surface area contributed by atoms with Crippen LogP contribution in [-0.4, -0.2) is 29.6 Å². The summed E-state index contributed by atoms with van der Waals surface area (Å²) in [4.78, 5) is 4.99. The van der Waals surface area contributed by atoms with Crippen LogP contribution in [0.5, 0.6) is 0 Å². The molecule has 0 aliphatic carbocycles. The van der Waals surface area contributed by atoms with Gasteiger partial charge in [-0.15, -0.1) is 0 Å². The van der Waals surface area contributed by atoms with Crippen molar-refractivity contribution in [3.05, 3.63) is 35.4 Å². The van der Waals surface area contributed by atoms with Gasteiger partial charge >= 0.3 is 0 Å². The molecule has 1 aromatic heterocycles. The maximum Gasteiger partial charge on any atom is 0.174 e. The predicted octanol–water partition coefficient (Wildman–Crippen LogP) is 3.13. The molecule has 0 saturated heterocycles. The van der Waals surface area contributed by atoms with Gasteiger partial charge in [0.2, 0.25) is 0 Å². The molecule has 0 bridgehead atoms. The van der Waals surface area contributed by atoms with Crippen molar-refractivity contribution >= 4 is 23.3 Å². The summed E-state index contributed by atoms with van der Waals surface area (Å²) in [6.07, 6.45) is 0.791. The van der Waals surface area contributed by atoms with Crippen LogP contribution in [-0.2, 0) is 17.7 Å². The minimum absolute atomic E-state index is 0.223. The summed E-state index contributed by atoms with van der Waals surface area (Å²) in [5.41, 5.74) is 0.921. The fourth-order valence-corrected chi connectivity index (χ4v) is 3.49. The van der Waals surface area contributed by atoms with E-state index in [1.165, 1.54) is 29.4 Å². The van der Waals surface area contributed by atoms with E-state index in [1.54, 1.807) is 13.2 Å². The van der Waals surface area contributed by atoms with Crippen LogP contribution in [0, 0.1) is 5.82 Å². The summed E-state index contributed by atoms with van der Waals surface area (Å²) in [7, 11) is 1.66. The quantitative estimate of drug-likeness (QED) is 0.755. The molecular formula is C14H18FN3OS2. The molecule has 0 saturated carbocycles. The maximum absolute atomic E-state index is 14.1. The molecule has 4 nitrogen and oxygen atoms in total. The Kier molecular flexibility index (Phi) is 6.56. The second-order valence-corrected chi connectivity index (χ2v) is 6.34. The number of halogens is 1. The van der Waals surface area contributed by atoms with Crippen LogP contribution >= 0.6 is 23.3 Å². The average Bonchev–Trinajstić information content (AvgIpc) is 2.94. The smallest absolute Gasteiger partial charge is 0.174 e. The van der Waals surface area contributed by atoms with Gasteiger partial charge in [-0.25, -0.2) is 9.37 Å². The number of hydrogen-bond acceptors (Lipinski definition) is 6. The van der Waals surface area contributed by atoms with E-state index in [1.807, 2.05) is 13.0 Å². The number of methoxy groups -OCH3 is 1. The van der Waals surface area contributed by atoms with E-state index >= 15 is 0 Å². The third-order valence-electron chi connectivity index (χ3n) is 2.80. The minimum atomic E-state index is -0.223. The Bertz CT molecular complexity index is 577. The van der Waals surface area contributed by atoms with E-state index in [2.05, 4.69) is 14.7 Å². The highest BCUT2D eigenvalue weighted by molar-refractivity contribution is 8.01. The number of benzene rings is 1. The van der Waals surface area contributed by atoms with E-state index in [0.29, 0.717) is 18.0 Å². The van der Waals surface area contributed by atoms with Crippen LogP contribution in [0.15, 0.2) is 27.4 Å². The Morgan fingerprint density at radius 1 is 1.43 bits per heavy atom. The first-order valence-corrected chi connectivity index (χ1v) is 8.31. The third kappa shape index (κ3) is 4.74. The van der Waals surface area contributed by atoms with Crippen molar-refractivity contribution in [3.63, 3.8) is 0 Å². The van der Waals surface area contributed by atoms with E-state index in [-0.39, 0.29) is 5.82 Å². The van der Waals surface area contributed by atoms with Gasteiger partial charge in [0.25, 0.3) is 0 Å². The lowest BCUT2D eigenvalue weighted by Gasteiger charge is -2.09. The molecule has 2 aromatic rings. The van der Waals surface area contributed by atoms with Crippen molar-refractivity contribution in [2.75, 3.05) is 20.3 Å². The zero-order valence-corrected chi connectivity index (χ0v) is 13.7. The molecule has 0 unspecified atom stereocenters. The SMILES string of the molecule is CCc1nsc(Sc2c(F)cccc2CNCCOC)n1. The molecule has 7 heteroatoms. The van der Waals surface area contributed by atoms with Gasteiger partial charge in [0.1, 0.15) is 11.6 Å². The molecule has 0 atom stereocenters. The van der Waals surface area contributed by atoms with Gasteiger partial charge in [-0.1, -0.05) is 30.8 Å². The van der Waals surface area contributed by atoms with Gasteiger partial charge in [-0.2, -0.15) is 4.37 Å². The minimum Gasteiger partial charge on any atom is -0.383 e. The van der Waals surface area contributed by atoms with E-state index in [0.717, 1.165) is 28.7 Å². The van der Waals surface area contributed by atoms with Crippen molar-refractivity contribution in [1.29, 1.82) is 0 Å². The summed E-state index contributed by atoms with van der Waals surface area (Å²) in [5, 5.41) is 3.23. The number of hydrogen-bond donors (Lipinski definition) is 1. The van der Waals surface area contributed by atoms with Crippen LogP contribution in [0.1, 0.15) is 18.3 Å². The first kappa shape index (κ1) is 16.4. The monoisotopic (exact) mass is 327 g/mol.